The third-order valence-electron chi connectivity index (χ3n) is 3.94. The van der Waals surface area contributed by atoms with Crippen molar-refractivity contribution < 1.29 is 14.3 Å². The summed E-state index contributed by atoms with van der Waals surface area (Å²) in [6, 6.07) is 13.3. The fraction of sp³-hybridized carbons (Fsp3) is 0.238. The van der Waals surface area contributed by atoms with Crippen LogP contribution in [0.5, 0.6) is 0 Å². The summed E-state index contributed by atoms with van der Waals surface area (Å²) in [6.45, 7) is 7.53. The lowest BCUT2D eigenvalue weighted by Crippen LogP contribution is -2.23. The second kappa shape index (κ2) is 7.73. The van der Waals surface area contributed by atoms with Gasteiger partial charge in [0.05, 0.1) is 0 Å². The first-order valence-corrected chi connectivity index (χ1v) is 7.93. The number of benzene rings is 2. The van der Waals surface area contributed by atoms with Gasteiger partial charge in [0.2, 0.25) is 5.78 Å². The number of carbonyl (C=O) groups excluding carboxylic acids is 2. The number of esters is 1. The van der Waals surface area contributed by atoms with E-state index in [1.807, 2.05) is 57.2 Å². The fourth-order valence-corrected chi connectivity index (χ4v) is 2.24. The standard InChI is InChI=1S/C21H22O3/c1-14-5-8-18(9-6-14)10-12-20(22)24-17(4)21(23)19-11-7-15(2)16(3)13-19/h5-13,17H,1-4H3/b12-10+/t17-/m0/s1. The molecule has 0 spiro atoms. The normalized spacial score (nSPS) is 12.2. The van der Waals surface area contributed by atoms with Gasteiger partial charge in [0.25, 0.3) is 0 Å². The van der Waals surface area contributed by atoms with Crippen molar-refractivity contribution in [1.82, 2.24) is 0 Å². The van der Waals surface area contributed by atoms with Gasteiger partial charge in [-0.15, -0.1) is 0 Å². The van der Waals surface area contributed by atoms with E-state index in [1.165, 1.54) is 6.08 Å². The smallest absolute Gasteiger partial charge is 0.331 e. The molecule has 24 heavy (non-hydrogen) atoms. The van der Waals surface area contributed by atoms with Gasteiger partial charge in [0.15, 0.2) is 6.10 Å². The quantitative estimate of drug-likeness (QED) is 0.464. The Hall–Kier alpha value is -2.68. The number of carbonyl (C=O) groups is 2. The summed E-state index contributed by atoms with van der Waals surface area (Å²) in [5, 5.41) is 0. The summed E-state index contributed by atoms with van der Waals surface area (Å²) in [7, 11) is 0. The lowest BCUT2D eigenvalue weighted by molar-refractivity contribution is -0.140. The van der Waals surface area contributed by atoms with Crippen LogP contribution >= 0.6 is 0 Å². The molecule has 0 aliphatic heterocycles. The molecule has 0 unspecified atom stereocenters. The first kappa shape index (κ1) is 17.7. The van der Waals surface area contributed by atoms with Crippen LogP contribution in [0.25, 0.3) is 6.08 Å². The highest BCUT2D eigenvalue weighted by Gasteiger charge is 2.18. The van der Waals surface area contributed by atoms with Gasteiger partial charge in [0.1, 0.15) is 0 Å². The number of Topliss-reactive ketones (excluding diaryl/α,β-unsaturated/α-hetero) is 1. The summed E-state index contributed by atoms with van der Waals surface area (Å²) in [6.07, 6.45) is 2.20. The van der Waals surface area contributed by atoms with E-state index in [0.717, 1.165) is 22.3 Å². The van der Waals surface area contributed by atoms with E-state index in [4.69, 9.17) is 4.74 Å². The van der Waals surface area contributed by atoms with Crippen LogP contribution < -0.4 is 0 Å². The van der Waals surface area contributed by atoms with Gasteiger partial charge in [-0.2, -0.15) is 0 Å². The molecule has 0 saturated carbocycles. The van der Waals surface area contributed by atoms with Gasteiger partial charge in [-0.25, -0.2) is 4.79 Å². The molecule has 2 aromatic rings. The molecule has 0 heterocycles. The van der Waals surface area contributed by atoms with Gasteiger partial charge < -0.3 is 4.74 Å². The summed E-state index contributed by atoms with van der Waals surface area (Å²) >= 11 is 0. The van der Waals surface area contributed by atoms with Crippen LogP contribution in [0, 0.1) is 20.8 Å². The topological polar surface area (TPSA) is 43.4 Å². The van der Waals surface area contributed by atoms with Crippen molar-refractivity contribution in [1.29, 1.82) is 0 Å². The van der Waals surface area contributed by atoms with Gasteiger partial charge >= 0.3 is 5.97 Å². The van der Waals surface area contributed by atoms with Crippen LogP contribution in [0.4, 0.5) is 0 Å². The molecule has 3 heteroatoms. The van der Waals surface area contributed by atoms with E-state index in [9.17, 15) is 9.59 Å². The lowest BCUT2D eigenvalue weighted by Gasteiger charge is -2.12. The highest BCUT2D eigenvalue weighted by atomic mass is 16.5. The zero-order valence-corrected chi connectivity index (χ0v) is 14.5. The lowest BCUT2D eigenvalue weighted by atomic mass is 10.0. The average Bonchev–Trinajstić information content (AvgIpc) is 2.56. The van der Waals surface area contributed by atoms with Crippen molar-refractivity contribution in [3.05, 3.63) is 76.4 Å². The van der Waals surface area contributed by atoms with Crippen LogP contribution in [0.1, 0.15) is 39.5 Å². The maximum absolute atomic E-state index is 12.4. The fourth-order valence-electron chi connectivity index (χ4n) is 2.24. The van der Waals surface area contributed by atoms with Crippen molar-refractivity contribution in [2.45, 2.75) is 33.8 Å². The summed E-state index contributed by atoms with van der Waals surface area (Å²) in [5.74, 6) is -0.726. The summed E-state index contributed by atoms with van der Waals surface area (Å²) in [4.78, 5) is 24.2. The molecule has 0 amide bonds. The van der Waals surface area contributed by atoms with Crippen LogP contribution in [0.15, 0.2) is 48.5 Å². The SMILES string of the molecule is Cc1ccc(/C=C/C(=O)O[C@@H](C)C(=O)c2ccc(C)c(C)c2)cc1. The van der Waals surface area contributed by atoms with E-state index in [-0.39, 0.29) is 5.78 Å². The monoisotopic (exact) mass is 322 g/mol. The second-order valence-electron chi connectivity index (χ2n) is 5.99. The Morgan fingerprint density at radius 2 is 1.62 bits per heavy atom. The molecule has 0 aromatic heterocycles. The molecule has 0 N–H and O–H groups in total. The van der Waals surface area contributed by atoms with Gasteiger partial charge in [-0.05, 0) is 56.5 Å². The van der Waals surface area contributed by atoms with E-state index < -0.39 is 12.1 Å². The molecular weight excluding hydrogens is 300 g/mol. The van der Waals surface area contributed by atoms with Crippen molar-refractivity contribution in [3.63, 3.8) is 0 Å². The zero-order valence-electron chi connectivity index (χ0n) is 14.5. The maximum Gasteiger partial charge on any atom is 0.331 e. The van der Waals surface area contributed by atoms with Gasteiger partial charge in [0, 0.05) is 11.6 Å². The molecule has 0 radical (unpaired) electrons. The third kappa shape index (κ3) is 4.66. The molecule has 124 valence electrons. The number of hydrogen-bond donors (Lipinski definition) is 0. The minimum absolute atomic E-state index is 0.199. The number of ketones is 1. The second-order valence-corrected chi connectivity index (χ2v) is 5.99. The van der Waals surface area contributed by atoms with Gasteiger partial charge in [-0.1, -0.05) is 42.0 Å². The zero-order chi connectivity index (χ0) is 17.7. The Morgan fingerprint density at radius 3 is 2.25 bits per heavy atom. The summed E-state index contributed by atoms with van der Waals surface area (Å²) in [5.41, 5.74) is 4.78. The van der Waals surface area contributed by atoms with E-state index in [2.05, 4.69) is 0 Å². The van der Waals surface area contributed by atoms with E-state index >= 15 is 0 Å². The first-order valence-electron chi connectivity index (χ1n) is 7.93. The molecule has 2 rings (SSSR count). The van der Waals surface area contributed by atoms with Crippen LogP contribution in [0.2, 0.25) is 0 Å². The van der Waals surface area contributed by atoms with Crippen molar-refractivity contribution in [2.75, 3.05) is 0 Å². The summed E-state index contributed by atoms with van der Waals surface area (Å²) < 4.78 is 5.21. The Bertz CT molecular complexity index is 770. The Balaban J connectivity index is 1.98. The van der Waals surface area contributed by atoms with Crippen molar-refractivity contribution >= 4 is 17.8 Å². The molecule has 0 aliphatic rings. The largest absolute Gasteiger partial charge is 0.451 e. The van der Waals surface area contributed by atoms with Gasteiger partial charge in [-0.3, -0.25) is 4.79 Å². The average molecular weight is 322 g/mol. The predicted molar refractivity (Wildman–Crippen MR) is 96.0 cm³/mol. The molecule has 0 bridgehead atoms. The maximum atomic E-state index is 12.4. The minimum atomic E-state index is -0.817. The van der Waals surface area contributed by atoms with Crippen LogP contribution in [-0.2, 0) is 9.53 Å². The Kier molecular flexibility index (Phi) is 5.69. The Labute approximate surface area is 143 Å². The van der Waals surface area contributed by atoms with E-state index in [0.29, 0.717) is 5.56 Å². The van der Waals surface area contributed by atoms with E-state index in [1.54, 1.807) is 19.1 Å². The minimum Gasteiger partial charge on any atom is -0.451 e. The molecular formula is C21H22O3. The molecule has 2 aromatic carbocycles. The first-order chi connectivity index (χ1) is 11.4. The molecule has 3 nitrogen and oxygen atoms in total. The van der Waals surface area contributed by atoms with Crippen molar-refractivity contribution in [2.24, 2.45) is 0 Å². The van der Waals surface area contributed by atoms with Crippen LogP contribution in [-0.4, -0.2) is 17.9 Å². The van der Waals surface area contributed by atoms with Crippen molar-refractivity contribution in [3.8, 4) is 0 Å². The molecule has 0 saturated heterocycles. The molecule has 0 aliphatic carbocycles. The predicted octanol–water partition coefficient (Wildman–Crippen LogP) is 4.44. The van der Waals surface area contributed by atoms with Crippen LogP contribution in [0.3, 0.4) is 0 Å². The number of hydrogen-bond acceptors (Lipinski definition) is 3. The Morgan fingerprint density at radius 1 is 0.958 bits per heavy atom. The molecule has 0 fully saturated rings. The molecule has 1 atom stereocenters. The highest BCUT2D eigenvalue weighted by molar-refractivity contribution is 6.01. The highest BCUT2D eigenvalue weighted by Crippen LogP contribution is 2.13. The number of aryl methyl sites for hydroxylation is 3. The third-order valence-corrected chi connectivity index (χ3v) is 3.94. The number of rotatable bonds is 5. The number of ether oxygens (including phenoxy) is 1.